The standard InChI is InChI=1S/C13H14BrN5/c14-9-3-1-2-4-11(9)18-13-17-10-5-6-16-7-8(10)12(15)19-13/h1-4,16H,5-7H2,(H3,15,17,18,19). The maximum atomic E-state index is 5.99. The summed E-state index contributed by atoms with van der Waals surface area (Å²) in [5.74, 6) is 1.09. The summed E-state index contributed by atoms with van der Waals surface area (Å²) < 4.78 is 0.969. The molecule has 5 nitrogen and oxygen atoms in total. The number of fused-ring (bicyclic) bond motifs is 1. The molecule has 4 N–H and O–H groups in total. The van der Waals surface area contributed by atoms with Crippen LogP contribution in [0, 0.1) is 0 Å². The highest BCUT2D eigenvalue weighted by Gasteiger charge is 2.16. The highest BCUT2D eigenvalue weighted by Crippen LogP contribution is 2.25. The van der Waals surface area contributed by atoms with E-state index in [1.165, 1.54) is 0 Å². The van der Waals surface area contributed by atoms with E-state index < -0.39 is 0 Å². The molecule has 0 radical (unpaired) electrons. The first-order chi connectivity index (χ1) is 9.24. The van der Waals surface area contributed by atoms with E-state index in [1.54, 1.807) is 0 Å². The van der Waals surface area contributed by atoms with Crippen LogP contribution in [0.1, 0.15) is 11.3 Å². The molecule has 0 amide bonds. The van der Waals surface area contributed by atoms with E-state index in [-0.39, 0.29) is 0 Å². The Kier molecular flexibility index (Phi) is 3.35. The molecule has 0 atom stereocenters. The Morgan fingerprint density at radius 3 is 2.95 bits per heavy atom. The molecule has 0 spiro atoms. The number of nitrogens with one attached hydrogen (secondary N) is 2. The van der Waals surface area contributed by atoms with Crippen LogP contribution in [0.3, 0.4) is 0 Å². The second kappa shape index (κ2) is 5.14. The fourth-order valence-electron chi connectivity index (χ4n) is 2.11. The molecule has 0 bridgehead atoms. The van der Waals surface area contributed by atoms with Crippen molar-refractivity contribution in [3.05, 3.63) is 40.0 Å². The van der Waals surface area contributed by atoms with Gasteiger partial charge in [-0.3, -0.25) is 0 Å². The molecular formula is C13H14BrN5. The minimum atomic E-state index is 0.546. The molecule has 0 unspecified atom stereocenters. The fraction of sp³-hybridized carbons (Fsp3) is 0.231. The van der Waals surface area contributed by atoms with Crippen LogP contribution in [-0.2, 0) is 13.0 Å². The summed E-state index contributed by atoms with van der Waals surface area (Å²) >= 11 is 3.49. The lowest BCUT2D eigenvalue weighted by molar-refractivity contribution is 0.629. The molecule has 1 aromatic carbocycles. The van der Waals surface area contributed by atoms with Crippen LogP contribution in [0.15, 0.2) is 28.7 Å². The van der Waals surface area contributed by atoms with Crippen LogP contribution in [0.25, 0.3) is 0 Å². The second-order valence-corrected chi connectivity index (χ2v) is 5.24. The van der Waals surface area contributed by atoms with Gasteiger partial charge in [0.15, 0.2) is 0 Å². The van der Waals surface area contributed by atoms with Gasteiger partial charge in [-0.2, -0.15) is 4.98 Å². The minimum absolute atomic E-state index is 0.546. The van der Waals surface area contributed by atoms with Gasteiger partial charge >= 0.3 is 0 Å². The van der Waals surface area contributed by atoms with E-state index in [9.17, 15) is 0 Å². The van der Waals surface area contributed by atoms with Crippen molar-refractivity contribution >= 4 is 33.4 Å². The molecule has 2 heterocycles. The van der Waals surface area contributed by atoms with Crippen LogP contribution >= 0.6 is 15.9 Å². The van der Waals surface area contributed by atoms with E-state index in [1.807, 2.05) is 24.3 Å². The number of nitrogen functional groups attached to an aromatic ring is 1. The fourth-order valence-corrected chi connectivity index (χ4v) is 2.49. The maximum Gasteiger partial charge on any atom is 0.229 e. The van der Waals surface area contributed by atoms with E-state index in [0.29, 0.717) is 11.8 Å². The molecule has 1 aliphatic rings. The Bertz CT molecular complexity index is 614. The van der Waals surface area contributed by atoms with Gasteiger partial charge in [-0.25, -0.2) is 4.98 Å². The second-order valence-electron chi connectivity index (χ2n) is 4.39. The van der Waals surface area contributed by atoms with E-state index >= 15 is 0 Å². The largest absolute Gasteiger partial charge is 0.383 e. The van der Waals surface area contributed by atoms with Crippen molar-refractivity contribution < 1.29 is 0 Å². The third kappa shape index (κ3) is 2.54. The van der Waals surface area contributed by atoms with E-state index in [0.717, 1.165) is 40.9 Å². The van der Waals surface area contributed by atoms with Crippen molar-refractivity contribution in [1.29, 1.82) is 0 Å². The predicted octanol–water partition coefficient (Wildman–Crippen LogP) is 2.21. The molecule has 3 rings (SSSR count). The van der Waals surface area contributed by atoms with Crippen LogP contribution in [0.4, 0.5) is 17.5 Å². The molecule has 0 fully saturated rings. The van der Waals surface area contributed by atoms with Gasteiger partial charge in [0, 0.05) is 29.5 Å². The number of nitrogens with two attached hydrogens (primary N) is 1. The van der Waals surface area contributed by atoms with Gasteiger partial charge in [0.25, 0.3) is 0 Å². The van der Waals surface area contributed by atoms with Crippen molar-refractivity contribution in [2.24, 2.45) is 0 Å². The smallest absolute Gasteiger partial charge is 0.229 e. The highest BCUT2D eigenvalue weighted by atomic mass is 79.9. The summed E-state index contributed by atoms with van der Waals surface area (Å²) in [4.78, 5) is 8.87. The van der Waals surface area contributed by atoms with E-state index in [2.05, 4.69) is 36.5 Å². The van der Waals surface area contributed by atoms with Gasteiger partial charge in [0.05, 0.1) is 11.4 Å². The summed E-state index contributed by atoms with van der Waals surface area (Å²) in [6.07, 6.45) is 0.882. The SMILES string of the molecule is Nc1nc(Nc2ccccc2Br)nc2c1CNCC2. The average Bonchev–Trinajstić information content (AvgIpc) is 2.42. The minimum Gasteiger partial charge on any atom is -0.383 e. The number of hydrogen-bond acceptors (Lipinski definition) is 5. The quantitative estimate of drug-likeness (QED) is 0.791. The van der Waals surface area contributed by atoms with Gasteiger partial charge < -0.3 is 16.4 Å². The van der Waals surface area contributed by atoms with Crippen LogP contribution in [0.2, 0.25) is 0 Å². The third-order valence-electron chi connectivity index (χ3n) is 3.09. The predicted molar refractivity (Wildman–Crippen MR) is 79.3 cm³/mol. The monoisotopic (exact) mass is 319 g/mol. The summed E-state index contributed by atoms with van der Waals surface area (Å²) in [6, 6.07) is 7.85. The van der Waals surface area contributed by atoms with Crippen LogP contribution in [0.5, 0.6) is 0 Å². The van der Waals surface area contributed by atoms with Gasteiger partial charge in [0.2, 0.25) is 5.95 Å². The Morgan fingerprint density at radius 1 is 1.26 bits per heavy atom. The molecule has 2 aromatic rings. The van der Waals surface area contributed by atoms with Crippen molar-refractivity contribution in [1.82, 2.24) is 15.3 Å². The number of benzene rings is 1. The third-order valence-corrected chi connectivity index (χ3v) is 3.78. The van der Waals surface area contributed by atoms with E-state index in [4.69, 9.17) is 5.73 Å². The molecule has 1 aromatic heterocycles. The number of para-hydroxylation sites is 1. The Balaban J connectivity index is 1.94. The van der Waals surface area contributed by atoms with Gasteiger partial charge in [-0.05, 0) is 28.1 Å². The first-order valence-corrected chi connectivity index (χ1v) is 6.91. The summed E-state index contributed by atoms with van der Waals surface area (Å²) in [5, 5.41) is 6.47. The average molecular weight is 320 g/mol. The molecule has 19 heavy (non-hydrogen) atoms. The zero-order valence-electron chi connectivity index (χ0n) is 10.3. The molecule has 0 saturated heterocycles. The van der Waals surface area contributed by atoms with Crippen LogP contribution < -0.4 is 16.4 Å². The Hall–Kier alpha value is -1.66. The Morgan fingerprint density at radius 2 is 2.11 bits per heavy atom. The maximum absolute atomic E-state index is 5.99. The number of nitrogens with zero attached hydrogens (tertiary/aromatic N) is 2. The molecule has 6 heteroatoms. The topological polar surface area (TPSA) is 75.9 Å². The lowest BCUT2D eigenvalue weighted by Gasteiger charge is -2.18. The van der Waals surface area contributed by atoms with Crippen molar-refractivity contribution in [2.45, 2.75) is 13.0 Å². The van der Waals surface area contributed by atoms with Gasteiger partial charge in [-0.15, -0.1) is 0 Å². The Labute approximate surface area is 119 Å². The zero-order chi connectivity index (χ0) is 13.2. The molecule has 0 saturated carbocycles. The summed E-state index contributed by atoms with van der Waals surface area (Å²) in [5.41, 5.74) is 8.96. The number of halogens is 1. The van der Waals surface area contributed by atoms with Crippen molar-refractivity contribution in [3.63, 3.8) is 0 Å². The van der Waals surface area contributed by atoms with Gasteiger partial charge in [0.1, 0.15) is 5.82 Å². The summed E-state index contributed by atoms with van der Waals surface area (Å²) in [6.45, 7) is 1.68. The van der Waals surface area contributed by atoms with Crippen molar-refractivity contribution in [2.75, 3.05) is 17.6 Å². The first-order valence-electron chi connectivity index (χ1n) is 6.11. The normalized spacial score (nSPS) is 13.9. The lowest BCUT2D eigenvalue weighted by Crippen LogP contribution is -2.26. The number of hydrogen-bond donors (Lipinski definition) is 3. The lowest BCUT2D eigenvalue weighted by atomic mass is 10.1. The number of aromatic nitrogens is 2. The molecule has 0 aliphatic carbocycles. The number of rotatable bonds is 2. The molecular weight excluding hydrogens is 306 g/mol. The summed E-state index contributed by atoms with van der Waals surface area (Å²) in [7, 11) is 0. The number of anilines is 3. The van der Waals surface area contributed by atoms with Crippen LogP contribution in [-0.4, -0.2) is 16.5 Å². The highest BCUT2D eigenvalue weighted by molar-refractivity contribution is 9.10. The van der Waals surface area contributed by atoms with Gasteiger partial charge in [-0.1, -0.05) is 12.1 Å². The molecule has 98 valence electrons. The van der Waals surface area contributed by atoms with Crippen molar-refractivity contribution in [3.8, 4) is 0 Å². The zero-order valence-corrected chi connectivity index (χ0v) is 11.9. The molecule has 1 aliphatic heterocycles. The first kappa shape index (κ1) is 12.4.